The van der Waals surface area contributed by atoms with Crippen molar-refractivity contribution in [3.63, 3.8) is 0 Å². The number of pyridine rings is 1. The van der Waals surface area contributed by atoms with Crippen LogP contribution in [0.5, 0.6) is 0 Å². The molecule has 0 spiro atoms. The zero-order chi connectivity index (χ0) is 12.8. The van der Waals surface area contributed by atoms with Crippen LogP contribution in [0.25, 0.3) is 0 Å². The van der Waals surface area contributed by atoms with Gasteiger partial charge >= 0.3 is 0 Å². The summed E-state index contributed by atoms with van der Waals surface area (Å²) in [4.78, 5) is 4.20. The lowest BCUT2D eigenvalue weighted by molar-refractivity contribution is 0.165. The lowest BCUT2D eigenvalue weighted by atomic mass is 10.0. The van der Waals surface area contributed by atoms with Crippen molar-refractivity contribution in [2.75, 3.05) is 0 Å². The van der Waals surface area contributed by atoms with Crippen LogP contribution in [0.2, 0.25) is 0 Å². The number of hydrogen-bond donors (Lipinski definition) is 1. The summed E-state index contributed by atoms with van der Waals surface area (Å²) in [7, 11) is 0. The van der Waals surface area contributed by atoms with E-state index >= 15 is 0 Å². The number of aromatic nitrogens is 1. The normalized spacial score (nSPS) is 12.3. The molecule has 18 heavy (non-hydrogen) atoms. The van der Waals surface area contributed by atoms with Crippen LogP contribution in [0.3, 0.4) is 0 Å². The number of hydrogen-bond acceptors (Lipinski definition) is 2. The van der Waals surface area contributed by atoms with Crippen molar-refractivity contribution in [1.29, 1.82) is 0 Å². The molecule has 0 fully saturated rings. The lowest BCUT2D eigenvalue weighted by Gasteiger charge is -2.10. The molecular formula is C15H16FNO. The van der Waals surface area contributed by atoms with Gasteiger partial charge in [-0.1, -0.05) is 18.2 Å². The Morgan fingerprint density at radius 1 is 1.17 bits per heavy atom. The van der Waals surface area contributed by atoms with Crippen LogP contribution >= 0.6 is 0 Å². The van der Waals surface area contributed by atoms with Gasteiger partial charge in [-0.05, 0) is 49.1 Å². The Balaban J connectivity index is 1.84. The molecule has 1 aromatic heterocycles. The Labute approximate surface area is 106 Å². The highest BCUT2D eigenvalue weighted by Gasteiger charge is 2.07. The largest absolute Gasteiger partial charge is 0.393 e. The second-order valence-electron chi connectivity index (χ2n) is 4.35. The SMILES string of the molecule is OC(CCc1ccccn1)Cc1cccc(F)c1. The van der Waals surface area contributed by atoms with Crippen LogP contribution in [0.4, 0.5) is 4.39 Å². The summed E-state index contributed by atoms with van der Waals surface area (Å²) in [5.74, 6) is -0.260. The zero-order valence-corrected chi connectivity index (χ0v) is 10.1. The highest BCUT2D eigenvalue weighted by Crippen LogP contribution is 2.10. The minimum Gasteiger partial charge on any atom is -0.393 e. The van der Waals surface area contributed by atoms with E-state index in [2.05, 4.69) is 4.98 Å². The average molecular weight is 245 g/mol. The van der Waals surface area contributed by atoms with Crippen molar-refractivity contribution in [2.45, 2.75) is 25.4 Å². The molecule has 3 heteroatoms. The summed E-state index contributed by atoms with van der Waals surface area (Å²) in [5.41, 5.74) is 1.79. The van der Waals surface area contributed by atoms with E-state index < -0.39 is 6.10 Å². The molecule has 1 aromatic carbocycles. The van der Waals surface area contributed by atoms with Gasteiger partial charge in [0.25, 0.3) is 0 Å². The monoisotopic (exact) mass is 245 g/mol. The molecule has 1 atom stereocenters. The van der Waals surface area contributed by atoms with E-state index in [4.69, 9.17) is 0 Å². The molecule has 2 nitrogen and oxygen atoms in total. The van der Waals surface area contributed by atoms with Crippen LogP contribution in [0, 0.1) is 5.82 Å². The second-order valence-corrected chi connectivity index (χ2v) is 4.35. The van der Waals surface area contributed by atoms with E-state index in [0.717, 1.165) is 17.7 Å². The summed E-state index contributed by atoms with van der Waals surface area (Å²) >= 11 is 0. The fourth-order valence-corrected chi connectivity index (χ4v) is 1.90. The standard InChI is InChI=1S/C15H16FNO/c16-13-5-3-4-12(10-13)11-15(18)8-7-14-6-1-2-9-17-14/h1-6,9-10,15,18H,7-8,11H2. The van der Waals surface area contributed by atoms with Crippen LogP contribution in [0.1, 0.15) is 17.7 Å². The predicted molar refractivity (Wildman–Crippen MR) is 68.7 cm³/mol. The minimum atomic E-state index is -0.464. The maximum Gasteiger partial charge on any atom is 0.123 e. The Hall–Kier alpha value is -1.74. The molecule has 1 N–H and O–H groups in total. The number of rotatable bonds is 5. The fourth-order valence-electron chi connectivity index (χ4n) is 1.90. The van der Waals surface area contributed by atoms with E-state index in [1.165, 1.54) is 12.1 Å². The van der Waals surface area contributed by atoms with Gasteiger partial charge in [0.05, 0.1) is 6.10 Å². The molecule has 0 bridgehead atoms. The van der Waals surface area contributed by atoms with E-state index in [1.54, 1.807) is 12.3 Å². The van der Waals surface area contributed by atoms with Gasteiger partial charge in [0, 0.05) is 11.9 Å². The third-order valence-corrected chi connectivity index (χ3v) is 2.82. The quantitative estimate of drug-likeness (QED) is 0.878. The summed E-state index contributed by atoms with van der Waals surface area (Å²) in [5, 5.41) is 9.90. The summed E-state index contributed by atoms with van der Waals surface area (Å²) in [6.45, 7) is 0. The first-order valence-electron chi connectivity index (χ1n) is 6.06. The Morgan fingerprint density at radius 3 is 2.78 bits per heavy atom. The first-order chi connectivity index (χ1) is 8.74. The molecule has 2 aromatic rings. The van der Waals surface area contributed by atoms with Gasteiger partial charge in [-0.3, -0.25) is 4.98 Å². The molecule has 0 aliphatic rings. The number of benzene rings is 1. The van der Waals surface area contributed by atoms with Gasteiger partial charge in [-0.15, -0.1) is 0 Å². The Bertz CT molecular complexity index is 487. The number of halogens is 1. The van der Waals surface area contributed by atoms with Crippen molar-refractivity contribution in [2.24, 2.45) is 0 Å². The van der Waals surface area contributed by atoms with Crippen LogP contribution in [-0.4, -0.2) is 16.2 Å². The number of nitrogens with zero attached hydrogens (tertiary/aromatic N) is 1. The highest BCUT2D eigenvalue weighted by molar-refractivity contribution is 5.17. The third-order valence-electron chi connectivity index (χ3n) is 2.82. The zero-order valence-electron chi connectivity index (χ0n) is 10.1. The van der Waals surface area contributed by atoms with Crippen molar-refractivity contribution in [1.82, 2.24) is 4.98 Å². The second kappa shape index (κ2) is 6.26. The maximum absolute atomic E-state index is 13.0. The Morgan fingerprint density at radius 2 is 2.06 bits per heavy atom. The van der Waals surface area contributed by atoms with Crippen molar-refractivity contribution in [3.8, 4) is 0 Å². The molecule has 0 saturated heterocycles. The van der Waals surface area contributed by atoms with Gasteiger partial charge in [0.2, 0.25) is 0 Å². The molecule has 1 unspecified atom stereocenters. The highest BCUT2D eigenvalue weighted by atomic mass is 19.1. The Kier molecular flexibility index (Phi) is 4.42. The summed E-state index contributed by atoms with van der Waals surface area (Å²) in [6, 6.07) is 12.1. The summed E-state index contributed by atoms with van der Waals surface area (Å²) < 4.78 is 13.0. The smallest absolute Gasteiger partial charge is 0.123 e. The molecule has 1 heterocycles. The minimum absolute atomic E-state index is 0.260. The van der Waals surface area contributed by atoms with Gasteiger partial charge in [-0.25, -0.2) is 4.39 Å². The van der Waals surface area contributed by atoms with E-state index in [9.17, 15) is 9.50 Å². The molecule has 0 radical (unpaired) electrons. The first-order valence-corrected chi connectivity index (χ1v) is 6.06. The predicted octanol–water partition coefficient (Wildman–Crippen LogP) is 2.76. The van der Waals surface area contributed by atoms with Gasteiger partial charge < -0.3 is 5.11 Å². The van der Waals surface area contributed by atoms with Gasteiger partial charge in [0.1, 0.15) is 5.82 Å². The maximum atomic E-state index is 13.0. The van der Waals surface area contributed by atoms with E-state index in [-0.39, 0.29) is 5.82 Å². The summed E-state index contributed by atoms with van der Waals surface area (Å²) in [6.07, 6.45) is 3.12. The third kappa shape index (κ3) is 3.93. The first kappa shape index (κ1) is 12.7. The van der Waals surface area contributed by atoms with Gasteiger partial charge in [-0.2, -0.15) is 0 Å². The van der Waals surface area contributed by atoms with Crippen molar-refractivity contribution >= 4 is 0 Å². The van der Waals surface area contributed by atoms with E-state index in [0.29, 0.717) is 12.8 Å². The van der Waals surface area contributed by atoms with Crippen LogP contribution in [0.15, 0.2) is 48.7 Å². The molecular weight excluding hydrogens is 229 g/mol. The average Bonchev–Trinajstić information content (AvgIpc) is 2.38. The molecule has 2 rings (SSSR count). The number of aliphatic hydroxyl groups is 1. The number of aliphatic hydroxyl groups excluding tert-OH is 1. The van der Waals surface area contributed by atoms with Crippen LogP contribution in [-0.2, 0) is 12.8 Å². The molecule has 0 amide bonds. The van der Waals surface area contributed by atoms with Crippen molar-refractivity contribution in [3.05, 3.63) is 65.7 Å². The topological polar surface area (TPSA) is 33.1 Å². The molecule has 0 saturated carbocycles. The molecule has 0 aliphatic carbocycles. The number of aryl methyl sites for hydroxylation is 1. The van der Waals surface area contributed by atoms with E-state index in [1.807, 2.05) is 24.3 Å². The molecule has 0 aliphatic heterocycles. The van der Waals surface area contributed by atoms with Gasteiger partial charge in [0.15, 0.2) is 0 Å². The van der Waals surface area contributed by atoms with Crippen LogP contribution < -0.4 is 0 Å². The lowest BCUT2D eigenvalue weighted by Crippen LogP contribution is -2.12. The molecule has 94 valence electrons. The van der Waals surface area contributed by atoms with Crippen molar-refractivity contribution < 1.29 is 9.50 Å². The fraction of sp³-hybridized carbons (Fsp3) is 0.267.